The second-order valence-electron chi connectivity index (χ2n) is 4.28. The molecule has 1 aromatic carbocycles. The van der Waals surface area contributed by atoms with Gasteiger partial charge in [0, 0.05) is 30.4 Å². The van der Waals surface area contributed by atoms with Crippen molar-refractivity contribution < 1.29 is 9.50 Å². The molecule has 0 aliphatic rings. The van der Waals surface area contributed by atoms with Crippen molar-refractivity contribution in [2.75, 3.05) is 25.1 Å². The lowest BCUT2D eigenvalue weighted by Gasteiger charge is -2.30. The van der Waals surface area contributed by atoms with Gasteiger partial charge in [0.25, 0.3) is 0 Å². The summed E-state index contributed by atoms with van der Waals surface area (Å²) in [5.74, 6) is -0.208. The first-order chi connectivity index (χ1) is 8.11. The lowest BCUT2D eigenvalue weighted by atomic mass is 10.1. The molecule has 0 atom stereocenters. The van der Waals surface area contributed by atoms with Crippen LogP contribution in [0.15, 0.2) is 18.2 Å². The van der Waals surface area contributed by atoms with Crippen LogP contribution in [0.25, 0.3) is 0 Å². The zero-order chi connectivity index (χ0) is 12.8. The molecule has 1 rings (SSSR count). The standard InChI is InChI=1S/C13H21FN2O/c1-10(2)16(7-8-17)13-6-4-5-12(14)11(13)9-15-3/h4-6,10,15,17H,7-9H2,1-3H3. The number of nitrogens with one attached hydrogen (secondary N) is 1. The predicted molar refractivity (Wildman–Crippen MR) is 68.7 cm³/mol. The minimum atomic E-state index is -0.208. The van der Waals surface area contributed by atoms with E-state index in [0.717, 1.165) is 5.69 Å². The summed E-state index contributed by atoms with van der Waals surface area (Å²) >= 11 is 0. The van der Waals surface area contributed by atoms with Gasteiger partial charge in [0.1, 0.15) is 5.82 Å². The molecule has 17 heavy (non-hydrogen) atoms. The first-order valence-electron chi connectivity index (χ1n) is 5.91. The molecule has 0 fully saturated rings. The lowest BCUT2D eigenvalue weighted by Crippen LogP contribution is -2.34. The number of rotatable bonds is 6. The molecule has 0 bridgehead atoms. The molecule has 4 heteroatoms. The number of aliphatic hydroxyl groups excluding tert-OH is 1. The molecular weight excluding hydrogens is 219 g/mol. The first-order valence-corrected chi connectivity index (χ1v) is 5.91. The maximum Gasteiger partial charge on any atom is 0.129 e. The molecule has 3 nitrogen and oxygen atoms in total. The molecule has 0 aliphatic heterocycles. The van der Waals surface area contributed by atoms with Crippen molar-refractivity contribution in [3.8, 4) is 0 Å². The smallest absolute Gasteiger partial charge is 0.129 e. The van der Waals surface area contributed by atoms with Gasteiger partial charge in [-0.25, -0.2) is 4.39 Å². The molecule has 96 valence electrons. The highest BCUT2D eigenvalue weighted by Gasteiger charge is 2.16. The predicted octanol–water partition coefficient (Wildman–Crippen LogP) is 1.75. The van der Waals surface area contributed by atoms with Crippen molar-refractivity contribution in [2.24, 2.45) is 0 Å². The zero-order valence-corrected chi connectivity index (χ0v) is 10.7. The summed E-state index contributed by atoms with van der Waals surface area (Å²) in [5.41, 5.74) is 1.50. The van der Waals surface area contributed by atoms with E-state index in [1.165, 1.54) is 6.07 Å². The van der Waals surface area contributed by atoms with E-state index < -0.39 is 0 Å². The Hall–Kier alpha value is -1.13. The van der Waals surface area contributed by atoms with E-state index in [0.29, 0.717) is 18.7 Å². The zero-order valence-electron chi connectivity index (χ0n) is 10.7. The average Bonchev–Trinajstić information content (AvgIpc) is 2.29. The quantitative estimate of drug-likeness (QED) is 0.795. The number of nitrogens with zero attached hydrogens (tertiary/aromatic N) is 1. The SMILES string of the molecule is CNCc1c(F)cccc1N(CCO)C(C)C. The van der Waals surface area contributed by atoms with Gasteiger partial charge < -0.3 is 15.3 Å². The van der Waals surface area contributed by atoms with Gasteiger partial charge in [-0.2, -0.15) is 0 Å². The molecule has 2 N–H and O–H groups in total. The van der Waals surface area contributed by atoms with E-state index >= 15 is 0 Å². The second-order valence-corrected chi connectivity index (χ2v) is 4.28. The Kier molecular flexibility index (Phi) is 5.38. The van der Waals surface area contributed by atoms with E-state index in [-0.39, 0.29) is 18.5 Å². The summed E-state index contributed by atoms with van der Waals surface area (Å²) in [4.78, 5) is 2.01. The van der Waals surface area contributed by atoms with Crippen LogP contribution in [0.1, 0.15) is 19.4 Å². The Morgan fingerprint density at radius 2 is 2.12 bits per heavy atom. The van der Waals surface area contributed by atoms with Crippen molar-refractivity contribution in [3.63, 3.8) is 0 Å². The van der Waals surface area contributed by atoms with Crippen LogP contribution < -0.4 is 10.2 Å². The number of hydrogen-bond acceptors (Lipinski definition) is 3. The molecule has 0 radical (unpaired) electrons. The Balaban J connectivity index is 3.12. The van der Waals surface area contributed by atoms with Gasteiger partial charge in [-0.3, -0.25) is 0 Å². The summed E-state index contributed by atoms with van der Waals surface area (Å²) in [6, 6.07) is 5.29. The van der Waals surface area contributed by atoms with E-state index in [9.17, 15) is 4.39 Å². The Labute approximate surface area is 102 Å². The Morgan fingerprint density at radius 3 is 2.65 bits per heavy atom. The first kappa shape index (κ1) is 13.9. The van der Waals surface area contributed by atoms with Gasteiger partial charge in [0.2, 0.25) is 0 Å². The molecule has 0 aromatic heterocycles. The molecule has 0 aliphatic carbocycles. The van der Waals surface area contributed by atoms with Crippen LogP contribution in [0.3, 0.4) is 0 Å². The number of anilines is 1. The highest BCUT2D eigenvalue weighted by molar-refractivity contribution is 5.55. The van der Waals surface area contributed by atoms with Gasteiger partial charge in [0.15, 0.2) is 0 Å². The van der Waals surface area contributed by atoms with Crippen LogP contribution in [-0.2, 0) is 6.54 Å². The van der Waals surface area contributed by atoms with Crippen molar-refractivity contribution in [1.29, 1.82) is 0 Å². The van der Waals surface area contributed by atoms with E-state index in [1.807, 2.05) is 24.8 Å². The fourth-order valence-corrected chi connectivity index (χ4v) is 1.93. The number of halogens is 1. The fourth-order valence-electron chi connectivity index (χ4n) is 1.93. The molecule has 0 amide bonds. The molecule has 0 unspecified atom stereocenters. The molecular formula is C13H21FN2O. The third kappa shape index (κ3) is 3.41. The van der Waals surface area contributed by atoms with E-state index in [4.69, 9.17) is 5.11 Å². The lowest BCUT2D eigenvalue weighted by molar-refractivity contribution is 0.299. The molecule has 0 saturated carbocycles. The molecule has 0 spiro atoms. The maximum atomic E-state index is 13.8. The minimum absolute atomic E-state index is 0.0632. The maximum absolute atomic E-state index is 13.8. The largest absolute Gasteiger partial charge is 0.395 e. The van der Waals surface area contributed by atoms with E-state index in [1.54, 1.807) is 13.1 Å². The van der Waals surface area contributed by atoms with Crippen molar-refractivity contribution in [1.82, 2.24) is 5.32 Å². The number of aliphatic hydroxyl groups is 1. The van der Waals surface area contributed by atoms with Crippen LogP contribution in [-0.4, -0.2) is 31.3 Å². The highest BCUT2D eigenvalue weighted by atomic mass is 19.1. The topological polar surface area (TPSA) is 35.5 Å². The van der Waals surface area contributed by atoms with Gasteiger partial charge in [-0.05, 0) is 33.0 Å². The summed E-state index contributed by atoms with van der Waals surface area (Å²) in [7, 11) is 1.79. The van der Waals surface area contributed by atoms with Crippen molar-refractivity contribution in [2.45, 2.75) is 26.4 Å². The fraction of sp³-hybridized carbons (Fsp3) is 0.538. The van der Waals surface area contributed by atoms with Crippen LogP contribution in [0, 0.1) is 5.82 Å². The summed E-state index contributed by atoms with van der Waals surface area (Å²) < 4.78 is 13.8. The Bertz CT molecular complexity index is 355. The third-order valence-electron chi connectivity index (χ3n) is 2.72. The van der Waals surface area contributed by atoms with E-state index in [2.05, 4.69) is 5.32 Å². The molecule has 1 aromatic rings. The van der Waals surface area contributed by atoms with Gasteiger partial charge in [-0.15, -0.1) is 0 Å². The number of benzene rings is 1. The highest BCUT2D eigenvalue weighted by Crippen LogP contribution is 2.24. The monoisotopic (exact) mass is 240 g/mol. The summed E-state index contributed by atoms with van der Waals surface area (Å²) in [6.45, 7) is 5.12. The minimum Gasteiger partial charge on any atom is -0.395 e. The van der Waals surface area contributed by atoms with Crippen LogP contribution in [0.4, 0.5) is 10.1 Å². The van der Waals surface area contributed by atoms with Crippen LogP contribution >= 0.6 is 0 Å². The summed E-state index contributed by atoms with van der Waals surface area (Å²) in [5, 5.41) is 12.1. The van der Waals surface area contributed by atoms with Gasteiger partial charge in [-0.1, -0.05) is 6.07 Å². The second kappa shape index (κ2) is 6.57. The molecule has 0 saturated heterocycles. The van der Waals surface area contributed by atoms with Gasteiger partial charge >= 0.3 is 0 Å². The molecule has 0 heterocycles. The normalized spacial score (nSPS) is 10.9. The van der Waals surface area contributed by atoms with Gasteiger partial charge in [0.05, 0.1) is 6.61 Å². The average molecular weight is 240 g/mol. The van der Waals surface area contributed by atoms with Crippen LogP contribution in [0.2, 0.25) is 0 Å². The van der Waals surface area contributed by atoms with Crippen LogP contribution in [0.5, 0.6) is 0 Å². The van der Waals surface area contributed by atoms with Crippen molar-refractivity contribution in [3.05, 3.63) is 29.6 Å². The van der Waals surface area contributed by atoms with Crippen molar-refractivity contribution >= 4 is 5.69 Å². The summed E-state index contributed by atoms with van der Waals surface area (Å²) in [6.07, 6.45) is 0. The third-order valence-corrected chi connectivity index (χ3v) is 2.72. The Morgan fingerprint density at radius 1 is 1.41 bits per heavy atom. The number of hydrogen-bond donors (Lipinski definition) is 2.